The zero-order valence-corrected chi connectivity index (χ0v) is 17.1. The van der Waals surface area contributed by atoms with E-state index in [0.717, 1.165) is 5.56 Å². The fourth-order valence-corrected chi connectivity index (χ4v) is 2.71. The number of hydrogen-bond acceptors (Lipinski definition) is 7. The van der Waals surface area contributed by atoms with Crippen LogP contribution in [-0.4, -0.2) is 31.1 Å². The van der Waals surface area contributed by atoms with Gasteiger partial charge in [-0.05, 0) is 17.7 Å². The van der Waals surface area contributed by atoms with Gasteiger partial charge in [-0.25, -0.2) is 14.6 Å². The maximum Gasteiger partial charge on any atom is 0.341 e. The monoisotopic (exact) mass is 419 g/mol. The molecule has 31 heavy (non-hydrogen) atoms. The number of ether oxygens (including phenoxy) is 4. The number of esters is 2. The number of benzene rings is 2. The number of rotatable bonds is 8. The van der Waals surface area contributed by atoms with Gasteiger partial charge in [-0.3, -0.25) is 0 Å². The Hall–Kier alpha value is -4.13. The van der Waals surface area contributed by atoms with Crippen LogP contribution < -0.4 is 4.74 Å². The van der Waals surface area contributed by atoms with Crippen molar-refractivity contribution < 1.29 is 28.5 Å². The lowest BCUT2D eigenvalue weighted by Crippen LogP contribution is -2.07. The second-order valence-corrected chi connectivity index (χ2v) is 6.30. The van der Waals surface area contributed by atoms with Crippen molar-refractivity contribution in [3.05, 3.63) is 95.9 Å². The molecule has 3 aromatic rings. The Morgan fingerprint density at radius 1 is 0.935 bits per heavy atom. The van der Waals surface area contributed by atoms with Crippen molar-refractivity contribution >= 4 is 17.5 Å². The van der Waals surface area contributed by atoms with E-state index in [2.05, 4.69) is 4.98 Å². The molecule has 7 nitrogen and oxygen atoms in total. The summed E-state index contributed by atoms with van der Waals surface area (Å²) in [6.07, 6.45) is 2.66. The van der Waals surface area contributed by atoms with Gasteiger partial charge >= 0.3 is 11.9 Å². The Morgan fingerprint density at radius 3 is 2.35 bits per heavy atom. The lowest BCUT2D eigenvalue weighted by Gasteiger charge is -2.12. The van der Waals surface area contributed by atoms with Crippen LogP contribution >= 0.6 is 0 Å². The summed E-state index contributed by atoms with van der Waals surface area (Å²) in [7, 11) is 2.72. The molecule has 1 aromatic heterocycles. The molecular weight excluding hydrogens is 398 g/mol. The zero-order valence-electron chi connectivity index (χ0n) is 17.1. The summed E-state index contributed by atoms with van der Waals surface area (Å²) >= 11 is 0. The van der Waals surface area contributed by atoms with Crippen molar-refractivity contribution in [3.8, 4) is 11.6 Å². The summed E-state index contributed by atoms with van der Waals surface area (Å²) < 4.78 is 20.9. The van der Waals surface area contributed by atoms with E-state index in [1.807, 2.05) is 30.3 Å². The minimum Gasteiger partial charge on any atom is -0.503 e. The van der Waals surface area contributed by atoms with Crippen molar-refractivity contribution in [2.24, 2.45) is 0 Å². The molecule has 0 N–H and O–H groups in total. The van der Waals surface area contributed by atoms with Crippen LogP contribution in [0.5, 0.6) is 11.6 Å². The number of pyridine rings is 1. The third kappa shape index (κ3) is 5.70. The van der Waals surface area contributed by atoms with E-state index in [9.17, 15) is 9.59 Å². The number of aromatic nitrogens is 1. The quantitative estimate of drug-likeness (QED) is 0.304. The molecule has 0 fully saturated rings. The highest BCUT2D eigenvalue weighted by Crippen LogP contribution is 2.30. The number of carbonyl (C=O) groups is 2. The maximum atomic E-state index is 12.2. The lowest BCUT2D eigenvalue weighted by molar-refractivity contribution is -0.133. The van der Waals surface area contributed by atoms with Crippen molar-refractivity contribution in [2.45, 2.75) is 6.61 Å². The number of carbonyl (C=O) groups excluding carboxylic acids is 2. The highest BCUT2D eigenvalue weighted by molar-refractivity contribution is 6.17. The normalized spacial score (nSPS) is 10.8. The van der Waals surface area contributed by atoms with Crippen LogP contribution in [0.1, 0.15) is 21.5 Å². The van der Waals surface area contributed by atoms with Gasteiger partial charge in [0.1, 0.15) is 17.9 Å². The highest BCUT2D eigenvalue weighted by atomic mass is 16.5. The Balaban J connectivity index is 1.72. The summed E-state index contributed by atoms with van der Waals surface area (Å²) in [4.78, 5) is 28.5. The van der Waals surface area contributed by atoms with Gasteiger partial charge in [0.15, 0.2) is 0 Å². The van der Waals surface area contributed by atoms with E-state index in [1.165, 1.54) is 26.7 Å². The maximum absolute atomic E-state index is 12.2. The van der Waals surface area contributed by atoms with Gasteiger partial charge < -0.3 is 18.9 Å². The molecule has 7 heteroatoms. The van der Waals surface area contributed by atoms with E-state index in [0.29, 0.717) is 16.9 Å². The van der Waals surface area contributed by atoms with E-state index in [1.54, 1.807) is 36.4 Å². The minimum absolute atomic E-state index is 0.174. The predicted octanol–water partition coefficient (Wildman–Crippen LogP) is 4.39. The molecule has 0 atom stereocenters. The van der Waals surface area contributed by atoms with Gasteiger partial charge in [0.05, 0.1) is 26.0 Å². The molecule has 0 aliphatic heterocycles. The van der Waals surface area contributed by atoms with Crippen LogP contribution in [0.15, 0.2) is 79.2 Å². The first-order valence-electron chi connectivity index (χ1n) is 9.38. The Labute approximate surface area is 179 Å². The molecule has 158 valence electrons. The van der Waals surface area contributed by atoms with Gasteiger partial charge in [0.2, 0.25) is 5.88 Å². The highest BCUT2D eigenvalue weighted by Gasteiger charge is 2.18. The molecule has 0 aliphatic carbocycles. The number of hydrogen-bond donors (Lipinski definition) is 0. The predicted molar refractivity (Wildman–Crippen MR) is 113 cm³/mol. The second-order valence-electron chi connectivity index (χ2n) is 6.30. The van der Waals surface area contributed by atoms with Crippen molar-refractivity contribution in [2.75, 3.05) is 14.2 Å². The Kier molecular flexibility index (Phi) is 7.37. The summed E-state index contributed by atoms with van der Waals surface area (Å²) in [5.41, 5.74) is 1.86. The van der Waals surface area contributed by atoms with Crippen molar-refractivity contribution in [1.29, 1.82) is 0 Å². The molecule has 0 amide bonds. The minimum atomic E-state index is -0.567. The van der Waals surface area contributed by atoms with E-state index < -0.39 is 11.9 Å². The molecule has 0 saturated carbocycles. The van der Waals surface area contributed by atoms with Gasteiger partial charge in [-0.2, -0.15) is 0 Å². The third-order valence-corrected chi connectivity index (χ3v) is 4.22. The van der Waals surface area contributed by atoms with Gasteiger partial charge in [-0.1, -0.05) is 48.5 Å². The van der Waals surface area contributed by atoms with E-state index in [-0.39, 0.29) is 18.1 Å². The summed E-state index contributed by atoms with van der Waals surface area (Å²) in [6, 6.07) is 19.4. The largest absolute Gasteiger partial charge is 0.503 e. The van der Waals surface area contributed by atoms with E-state index in [4.69, 9.17) is 18.9 Å². The number of methoxy groups -OCH3 is 2. The molecule has 1 heterocycles. The molecule has 0 aliphatic rings. The summed E-state index contributed by atoms with van der Waals surface area (Å²) in [6.45, 7) is 0.174. The first-order valence-corrected chi connectivity index (χ1v) is 9.38. The SMILES string of the molecule is COC=C(C(=O)OC)c1ccccc1Oc1ccc(C(=O)OCc2ccccc2)cn1. The fourth-order valence-electron chi connectivity index (χ4n) is 2.71. The fraction of sp³-hybridized carbons (Fsp3) is 0.125. The van der Waals surface area contributed by atoms with Crippen molar-refractivity contribution in [1.82, 2.24) is 4.98 Å². The zero-order chi connectivity index (χ0) is 22.1. The van der Waals surface area contributed by atoms with Crippen LogP contribution in [0.4, 0.5) is 0 Å². The molecule has 3 rings (SSSR count). The van der Waals surface area contributed by atoms with Gasteiger partial charge in [0, 0.05) is 17.8 Å². The molecule has 2 aromatic carbocycles. The number of para-hydroxylation sites is 1. The number of nitrogens with zero attached hydrogens (tertiary/aromatic N) is 1. The molecule has 0 radical (unpaired) electrons. The van der Waals surface area contributed by atoms with Crippen LogP contribution in [0.2, 0.25) is 0 Å². The van der Waals surface area contributed by atoms with Crippen LogP contribution in [0.25, 0.3) is 5.57 Å². The molecular formula is C24H21NO6. The Bertz CT molecular complexity index is 1060. The van der Waals surface area contributed by atoms with Crippen LogP contribution in [-0.2, 0) is 25.6 Å². The standard InChI is InChI=1S/C24H21NO6/c1-28-16-20(24(27)29-2)19-10-6-7-11-21(19)31-22-13-12-18(14-25-22)23(26)30-15-17-8-4-3-5-9-17/h3-14,16H,15H2,1-2H3. The van der Waals surface area contributed by atoms with Crippen LogP contribution in [0.3, 0.4) is 0 Å². The lowest BCUT2D eigenvalue weighted by atomic mass is 10.1. The molecule has 0 saturated heterocycles. The van der Waals surface area contributed by atoms with Crippen molar-refractivity contribution in [3.63, 3.8) is 0 Å². The summed E-state index contributed by atoms with van der Waals surface area (Å²) in [5, 5.41) is 0. The third-order valence-electron chi connectivity index (χ3n) is 4.22. The topological polar surface area (TPSA) is 84.0 Å². The molecule has 0 spiro atoms. The first kappa shape index (κ1) is 21.6. The molecule has 0 bridgehead atoms. The average Bonchev–Trinajstić information content (AvgIpc) is 2.82. The van der Waals surface area contributed by atoms with Gasteiger partial charge in [-0.15, -0.1) is 0 Å². The van der Waals surface area contributed by atoms with Gasteiger partial charge in [0.25, 0.3) is 0 Å². The van der Waals surface area contributed by atoms with Crippen LogP contribution in [0, 0.1) is 0 Å². The average molecular weight is 419 g/mol. The summed E-state index contributed by atoms with van der Waals surface area (Å²) in [5.74, 6) is -0.432. The molecule has 0 unspecified atom stereocenters. The Morgan fingerprint density at radius 2 is 1.68 bits per heavy atom. The first-order chi connectivity index (χ1) is 15.1. The van der Waals surface area contributed by atoms with E-state index >= 15 is 0 Å². The second kappa shape index (κ2) is 10.6. The smallest absolute Gasteiger partial charge is 0.341 e.